The van der Waals surface area contributed by atoms with Gasteiger partial charge in [-0.1, -0.05) is 31.1 Å². The summed E-state index contributed by atoms with van der Waals surface area (Å²) < 4.78 is 20.0. The standard InChI is InChI=1S/C23H28FN3O2S/c1-4-5-6-15-29-19-10-7-17(8-11-19)22(28)27(14-13-26(2)3)23-25-20-12-9-18(24)16-21(20)30-23/h7-12,16H,4-6,13-15H2,1-3H3. The number of aromatic nitrogens is 1. The van der Waals surface area contributed by atoms with Crippen molar-refractivity contribution in [1.82, 2.24) is 9.88 Å². The summed E-state index contributed by atoms with van der Waals surface area (Å²) in [6.45, 7) is 4.01. The fourth-order valence-electron chi connectivity index (χ4n) is 2.98. The number of halogens is 1. The van der Waals surface area contributed by atoms with E-state index in [1.807, 2.05) is 31.1 Å². The fourth-order valence-corrected chi connectivity index (χ4v) is 3.99. The summed E-state index contributed by atoms with van der Waals surface area (Å²) in [5.74, 6) is 0.324. The number of benzene rings is 2. The smallest absolute Gasteiger partial charge is 0.260 e. The number of amides is 1. The van der Waals surface area contributed by atoms with Crippen LogP contribution in [-0.2, 0) is 0 Å². The van der Waals surface area contributed by atoms with Gasteiger partial charge in [0, 0.05) is 18.7 Å². The lowest BCUT2D eigenvalue weighted by Gasteiger charge is -2.22. The highest BCUT2D eigenvalue weighted by Crippen LogP contribution is 2.30. The first-order valence-electron chi connectivity index (χ1n) is 10.2. The zero-order chi connectivity index (χ0) is 21.5. The van der Waals surface area contributed by atoms with Crippen LogP contribution < -0.4 is 9.64 Å². The molecule has 0 aliphatic carbocycles. The van der Waals surface area contributed by atoms with E-state index >= 15 is 0 Å². The Morgan fingerprint density at radius 3 is 2.57 bits per heavy atom. The largest absolute Gasteiger partial charge is 0.494 e. The molecule has 160 valence electrons. The number of carbonyl (C=O) groups excluding carboxylic acids is 1. The fraction of sp³-hybridized carbons (Fsp3) is 0.391. The number of anilines is 1. The average Bonchev–Trinajstić information content (AvgIpc) is 3.14. The summed E-state index contributed by atoms with van der Waals surface area (Å²) in [7, 11) is 3.92. The van der Waals surface area contributed by atoms with Crippen LogP contribution >= 0.6 is 11.3 Å². The van der Waals surface area contributed by atoms with Gasteiger partial charge in [-0.25, -0.2) is 9.37 Å². The van der Waals surface area contributed by atoms with Crippen molar-refractivity contribution in [2.75, 3.05) is 38.7 Å². The zero-order valence-corrected chi connectivity index (χ0v) is 18.5. The van der Waals surface area contributed by atoms with Gasteiger partial charge in [-0.2, -0.15) is 0 Å². The molecule has 1 aromatic heterocycles. The molecule has 0 spiro atoms. The third-order valence-corrected chi connectivity index (χ3v) is 5.75. The van der Waals surface area contributed by atoms with Gasteiger partial charge in [0.1, 0.15) is 11.6 Å². The van der Waals surface area contributed by atoms with Gasteiger partial charge in [0.05, 0.1) is 16.8 Å². The highest BCUT2D eigenvalue weighted by atomic mass is 32.1. The van der Waals surface area contributed by atoms with Gasteiger partial charge in [0.2, 0.25) is 0 Å². The van der Waals surface area contributed by atoms with Crippen molar-refractivity contribution in [2.45, 2.75) is 26.2 Å². The van der Waals surface area contributed by atoms with E-state index in [9.17, 15) is 9.18 Å². The molecule has 2 aromatic carbocycles. The van der Waals surface area contributed by atoms with Gasteiger partial charge >= 0.3 is 0 Å². The molecule has 0 fully saturated rings. The summed E-state index contributed by atoms with van der Waals surface area (Å²) in [6.07, 6.45) is 3.31. The molecular weight excluding hydrogens is 401 g/mol. The molecule has 1 amide bonds. The van der Waals surface area contributed by atoms with Crippen molar-refractivity contribution < 1.29 is 13.9 Å². The van der Waals surface area contributed by atoms with E-state index in [4.69, 9.17) is 4.74 Å². The van der Waals surface area contributed by atoms with E-state index in [1.165, 1.54) is 23.5 Å². The number of nitrogens with zero attached hydrogens (tertiary/aromatic N) is 3. The maximum absolute atomic E-state index is 13.6. The van der Waals surface area contributed by atoms with E-state index in [1.54, 1.807) is 23.1 Å². The molecule has 3 rings (SSSR count). The number of hydrogen-bond acceptors (Lipinski definition) is 5. The second-order valence-corrected chi connectivity index (χ2v) is 8.46. The van der Waals surface area contributed by atoms with E-state index in [0.717, 1.165) is 29.7 Å². The number of fused-ring (bicyclic) bond motifs is 1. The van der Waals surface area contributed by atoms with Crippen LogP contribution in [0.1, 0.15) is 36.5 Å². The molecule has 0 N–H and O–H groups in total. The highest BCUT2D eigenvalue weighted by Gasteiger charge is 2.21. The van der Waals surface area contributed by atoms with Crippen LogP contribution in [0.5, 0.6) is 5.75 Å². The number of unbranched alkanes of at least 4 members (excludes halogenated alkanes) is 2. The number of hydrogen-bond donors (Lipinski definition) is 0. The van der Waals surface area contributed by atoms with Crippen molar-refractivity contribution in [2.24, 2.45) is 0 Å². The number of carbonyl (C=O) groups is 1. The summed E-state index contributed by atoms with van der Waals surface area (Å²) >= 11 is 1.32. The Hall–Kier alpha value is -2.51. The first-order chi connectivity index (χ1) is 14.5. The lowest BCUT2D eigenvalue weighted by molar-refractivity contribution is 0.0985. The second kappa shape index (κ2) is 10.5. The van der Waals surface area contributed by atoms with E-state index in [-0.39, 0.29) is 11.7 Å². The Labute approximate surface area is 181 Å². The Balaban J connectivity index is 1.79. The van der Waals surface area contributed by atoms with Crippen LogP contribution in [0.2, 0.25) is 0 Å². The molecule has 0 bridgehead atoms. The number of likely N-dealkylation sites (N-methyl/N-ethyl adjacent to an activating group) is 1. The lowest BCUT2D eigenvalue weighted by atomic mass is 10.2. The Morgan fingerprint density at radius 2 is 1.87 bits per heavy atom. The maximum atomic E-state index is 13.6. The van der Waals surface area contributed by atoms with Crippen LogP contribution in [0, 0.1) is 5.82 Å². The molecular formula is C23H28FN3O2S. The average molecular weight is 430 g/mol. The quantitative estimate of drug-likeness (QED) is 0.415. The summed E-state index contributed by atoms with van der Waals surface area (Å²) in [6, 6.07) is 11.7. The van der Waals surface area contributed by atoms with Crippen LogP contribution in [0.3, 0.4) is 0 Å². The molecule has 30 heavy (non-hydrogen) atoms. The molecule has 7 heteroatoms. The van der Waals surface area contributed by atoms with Crippen molar-refractivity contribution in [1.29, 1.82) is 0 Å². The minimum Gasteiger partial charge on any atom is -0.494 e. The van der Waals surface area contributed by atoms with E-state index in [0.29, 0.717) is 35.9 Å². The third kappa shape index (κ3) is 5.77. The van der Waals surface area contributed by atoms with E-state index in [2.05, 4.69) is 11.9 Å². The van der Waals surface area contributed by atoms with Crippen molar-refractivity contribution >= 4 is 32.6 Å². The third-order valence-electron chi connectivity index (χ3n) is 4.70. The van der Waals surface area contributed by atoms with Gasteiger partial charge in [-0.3, -0.25) is 9.69 Å². The normalized spacial score (nSPS) is 11.2. The van der Waals surface area contributed by atoms with Gasteiger partial charge < -0.3 is 9.64 Å². The van der Waals surface area contributed by atoms with Crippen LogP contribution in [0.15, 0.2) is 42.5 Å². The number of rotatable bonds is 10. The summed E-state index contributed by atoms with van der Waals surface area (Å²) in [5, 5.41) is 0.572. The van der Waals surface area contributed by atoms with Crippen LogP contribution in [0.4, 0.5) is 9.52 Å². The lowest BCUT2D eigenvalue weighted by Crippen LogP contribution is -2.36. The predicted molar refractivity (Wildman–Crippen MR) is 121 cm³/mol. The molecule has 0 radical (unpaired) electrons. The van der Waals surface area contributed by atoms with Crippen molar-refractivity contribution in [3.63, 3.8) is 0 Å². The van der Waals surface area contributed by atoms with Crippen LogP contribution in [-0.4, -0.2) is 49.6 Å². The van der Waals surface area contributed by atoms with Gasteiger partial charge in [-0.05, 0) is 63.0 Å². The second-order valence-electron chi connectivity index (χ2n) is 7.45. The van der Waals surface area contributed by atoms with Gasteiger partial charge in [0.25, 0.3) is 5.91 Å². The SMILES string of the molecule is CCCCCOc1ccc(C(=O)N(CCN(C)C)c2nc3ccc(F)cc3s2)cc1. The zero-order valence-electron chi connectivity index (χ0n) is 17.7. The predicted octanol–water partition coefficient (Wildman–Crippen LogP) is 5.21. The number of ether oxygens (including phenoxy) is 1. The van der Waals surface area contributed by atoms with Gasteiger partial charge in [-0.15, -0.1) is 0 Å². The molecule has 3 aromatic rings. The topological polar surface area (TPSA) is 45.7 Å². The first-order valence-corrected chi connectivity index (χ1v) is 11.0. The summed E-state index contributed by atoms with van der Waals surface area (Å²) in [4.78, 5) is 21.5. The maximum Gasteiger partial charge on any atom is 0.260 e. The number of thiazole rings is 1. The first kappa shape index (κ1) is 22.2. The molecule has 0 atom stereocenters. The highest BCUT2D eigenvalue weighted by molar-refractivity contribution is 7.22. The molecule has 1 heterocycles. The molecule has 0 aliphatic rings. The minimum atomic E-state index is -0.307. The summed E-state index contributed by atoms with van der Waals surface area (Å²) in [5.41, 5.74) is 1.26. The molecule has 0 saturated heterocycles. The Bertz CT molecular complexity index is 972. The molecule has 0 unspecified atom stereocenters. The Kier molecular flexibility index (Phi) is 7.76. The van der Waals surface area contributed by atoms with Crippen molar-refractivity contribution in [3.8, 4) is 5.75 Å². The van der Waals surface area contributed by atoms with E-state index < -0.39 is 0 Å². The monoisotopic (exact) mass is 429 g/mol. The minimum absolute atomic E-state index is 0.131. The Morgan fingerprint density at radius 1 is 1.10 bits per heavy atom. The molecule has 0 aliphatic heterocycles. The van der Waals surface area contributed by atoms with Crippen molar-refractivity contribution in [3.05, 3.63) is 53.8 Å². The van der Waals surface area contributed by atoms with Gasteiger partial charge in [0.15, 0.2) is 5.13 Å². The van der Waals surface area contributed by atoms with Crippen LogP contribution in [0.25, 0.3) is 10.2 Å². The molecule has 0 saturated carbocycles. The molecule has 5 nitrogen and oxygen atoms in total.